The van der Waals surface area contributed by atoms with Crippen LogP contribution in [0.3, 0.4) is 0 Å². The lowest BCUT2D eigenvalue weighted by Gasteiger charge is -2.14. The zero-order valence-electron chi connectivity index (χ0n) is 19.9. The summed E-state index contributed by atoms with van der Waals surface area (Å²) in [6.07, 6.45) is 17.6. The molecule has 0 spiro atoms. The van der Waals surface area contributed by atoms with E-state index < -0.39 is 0 Å². The van der Waals surface area contributed by atoms with Crippen LogP contribution in [0, 0.1) is 0 Å². The molecule has 0 fully saturated rings. The van der Waals surface area contributed by atoms with Crippen LogP contribution in [0.25, 0.3) is 11.3 Å². The molecule has 172 valence electrons. The molecule has 2 aromatic rings. The highest BCUT2D eigenvalue weighted by Gasteiger charge is 2.05. The van der Waals surface area contributed by atoms with Gasteiger partial charge in [-0.1, -0.05) is 65.2 Å². The minimum Gasteiger partial charge on any atom is -0.491 e. The third-order valence-corrected chi connectivity index (χ3v) is 5.53. The molecule has 2 rings (SSSR count). The Kier molecular flexibility index (Phi) is 12.9. The van der Waals surface area contributed by atoms with E-state index in [-0.39, 0.29) is 6.10 Å². The van der Waals surface area contributed by atoms with Gasteiger partial charge in [0.2, 0.25) is 0 Å². The summed E-state index contributed by atoms with van der Waals surface area (Å²) in [7, 11) is 0. The molecule has 0 aliphatic heterocycles. The van der Waals surface area contributed by atoms with E-state index >= 15 is 0 Å². The zero-order chi connectivity index (χ0) is 22.2. The van der Waals surface area contributed by atoms with Gasteiger partial charge in [0.25, 0.3) is 0 Å². The molecule has 0 amide bonds. The van der Waals surface area contributed by atoms with Crippen LogP contribution in [0.1, 0.15) is 90.7 Å². The second-order valence-electron chi connectivity index (χ2n) is 8.49. The van der Waals surface area contributed by atoms with Crippen molar-refractivity contribution >= 4 is 0 Å². The van der Waals surface area contributed by atoms with Crippen molar-refractivity contribution in [2.75, 3.05) is 13.2 Å². The summed E-state index contributed by atoms with van der Waals surface area (Å²) in [4.78, 5) is 9.20. The molecule has 0 bridgehead atoms. The summed E-state index contributed by atoms with van der Waals surface area (Å²) in [6, 6.07) is 8.08. The van der Waals surface area contributed by atoms with Gasteiger partial charge in [0.05, 0.1) is 23.7 Å². The van der Waals surface area contributed by atoms with Gasteiger partial charge in [0, 0.05) is 18.4 Å². The van der Waals surface area contributed by atoms with Crippen LogP contribution in [0.2, 0.25) is 0 Å². The van der Waals surface area contributed by atoms with Gasteiger partial charge in [0.1, 0.15) is 12.4 Å². The normalized spacial score (nSPS) is 12.1. The molecule has 0 saturated carbocycles. The fraction of sp³-hybridized carbons (Fsp3) is 0.630. The number of unbranched alkanes of at least 4 members (excludes halogenated alkanes) is 8. The number of benzene rings is 1. The highest BCUT2D eigenvalue weighted by Crippen LogP contribution is 2.21. The van der Waals surface area contributed by atoms with E-state index in [0.29, 0.717) is 6.61 Å². The molecular weight excluding hydrogens is 384 g/mol. The number of aryl methyl sites for hydroxylation is 1. The van der Waals surface area contributed by atoms with Crippen LogP contribution in [0.15, 0.2) is 36.7 Å². The first-order chi connectivity index (χ1) is 15.2. The van der Waals surface area contributed by atoms with Gasteiger partial charge < -0.3 is 9.47 Å². The third kappa shape index (κ3) is 10.8. The Bertz CT molecular complexity index is 685. The van der Waals surface area contributed by atoms with E-state index in [9.17, 15) is 0 Å². The summed E-state index contributed by atoms with van der Waals surface area (Å²) in [5.74, 6) is 0.860. The summed E-state index contributed by atoms with van der Waals surface area (Å²) >= 11 is 0. The second-order valence-corrected chi connectivity index (χ2v) is 8.49. The molecule has 4 heteroatoms. The first-order valence-electron chi connectivity index (χ1n) is 12.4. The lowest BCUT2D eigenvalue weighted by molar-refractivity contribution is 0.0302. The van der Waals surface area contributed by atoms with E-state index in [4.69, 9.17) is 9.47 Å². The van der Waals surface area contributed by atoms with Gasteiger partial charge >= 0.3 is 0 Å². The molecule has 0 aliphatic carbocycles. The second kappa shape index (κ2) is 15.8. The molecule has 4 nitrogen and oxygen atoms in total. The van der Waals surface area contributed by atoms with Crippen LogP contribution >= 0.6 is 0 Å². The standard InChI is InChI=1S/C27H42N2O2/c1-4-6-8-10-12-14-25-20-29-27(21-28-25)24-15-17-26(18-16-24)31-22-23(3)30-19-13-11-9-7-5-2/h15-18,20-21,23H,4-14,19,22H2,1-3H3. The first kappa shape index (κ1) is 25.3. The lowest BCUT2D eigenvalue weighted by Crippen LogP contribution is -2.18. The number of ether oxygens (including phenoxy) is 2. The molecule has 0 aliphatic rings. The van der Waals surface area contributed by atoms with Crippen molar-refractivity contribution < 1.29 is 9.47 Å². The van der Waals surface area contributed by atoms with Crippen LogP contribution in [0.4, 0.5) is 0 Å². The molecule has 1 aromatic carbocycles. The third-order valence-electron chi connectivity index (χ3n) is 5.53. The van der Waals surface area contributed by atoms with Gasteiger partial charge in [-0.25, -0.2) is 0 Å². The zero-order valence-corrected chi connectivity index (χ0v) is 19.9. The fourth-order valence-corrected chi connectivity index (χ4v) is 3.52. The van der Waals surface area contributed by atoms with Crippen molar-refractivity contribution in [3.05, 3.63) is 42.4 Å². The molecule has 0 saturated heterocycles. The Labute approximate surface area is 189 Å². The number of hydrogen-bond acceptors (Lipinski definition) is 4. The Balaban J connectivity index is 1.68. The van der Waals surface area contributed by atoms with Crippen molar-refractivity contribution in [1.82, 2.24) is 9.97 Å². The minimum absolute atomic E-state index is 0.103. The number of rotatable bonds is 17. The molecule has 31 heavy (non-hydrogen) atoms. The quantitative estimate of drug-likeness (QED) is 0.247. The monoisotopic (exact) mass is 426 g/mol. The van der Waals surface area contributed by atoms with Crippen molar-refractivity contribution in [2.45, 2.75) is 97.5 Å². The molecular formula is C27H42N2O2. The summed E-state index contributed by atoms with van der Waals surface area (Å²) in [5, 5.41) is 0. The molecule has 0 N–H and O–H groups in total. The molecule has 1 atom stereocenters. The Hall–Kier alpha value is -1.94. The number of hydrogen-bond donors (Lipinski definition) is 0. The average molecular weight is 427 g/mol. The first-order valence-corrected chi connectivity index (χ1v) is 12.4. The Morgan fingerprint density at radius 3 is 2.10 bits per heavy atom. The van der Waals surface area contributed by atoms with E-state index in [2.05, 4.69) is 30.7 Å². The Morgan fingerprint density at radius 2 is 1.45 bits per heavy atom. The van der Waals surface area contributed by atoms with E-state index in [1.54, 1.807) is 0 Å². The lowest BCUT2D eigenvalue weighted by atomic mass is 10.1. The van der Waals surface area contributed by atoms with Crippen molar-refractivity contribution in [3.63, 3.8) is 0 Å². The maximum Gasteiger partial charge on any atom is 0.119 e. The van der Waals surface area contributed by atoms with E-state index in [1.165, 1.54) is 57.8 Å². The predicted molar refractivity (Wildman–Crippen MR) is 130 cm³/mol. The van der Waals surface area contributed by atoms with Crippen LogP contribution < -0.4 is 4.74 Å². The molecule has 0 radical (unpaired) electrons. The molecule has 1 unspecified atom stereocenters. The number of aromatic nitrogens is 2. The minimum atomic E-state index is 0.103. The maximum absolute atomic E-state index is 5.88. The van der Waals surface area contributed by atoms with Crippen molar-refractivity contribution in [3.8, 4) is 17.0 Å². The molecule has 1 aromatic heterocycles. The van der Waals surface area contributed by atoms with E-state index in [0.717, 1.165) is 42.1 Å². The largest absolute Gasteiger partial charge is 0.491 e. The summed E-state index contributed by atoms with van der Waals surface area (Å²) in [6.45, 7) is 7.95. The number of nitrogens with zero attached hydrogens (tertiary/aromatic N) is 2. The highest BCUT2D eigenvalue weighted by molar-refractivity contribution is 5.58. The van der Waals surface area contributed by atoms with Crippen molar-refractivity contribution in [1.29, 1.82) is 0 Å². The summed E-state index contributed by atoms with van der Waals surface area (Å²) in [5.41, 5.74) is 3.05. The van der Waals surface area contributed by atoms with Crippen molar-refractivity contribution in [2.24, 2.45) is 0 Å². The van der Waals surface area contributed by atoms with Crippen LogP contribution in [0.5, 0.6) is 5.75 Å². The SMILES string of the molecule is CCCCCCCOC(C)COc1ccc(-c2cnc(CCCCCCC)cn2)cc1. The molecule has 1 heterocycles. The van der Waals surface area contributed by atoms with Crippen LogP contribution in [-0.2, 0) is 11.2 Å². The van der Waals surface area contributed by atoms with Gasteiger partial charge in [-0.15, -0.1) is 0 Å². The van der Waals surface area contributed by atoms with Gasteiger partial charge in [-0.2, -0.15) is 0 Å². The smallest absolute Gasteiger partial charge is 0.119 e. The van der Waals surface area contributed by atoms with E-state index in [1.807, 2.05) is 36.7 Å². The highest BCUT2D eigenvalue weighted by atomic mass is 16.5. The van der Waals surface area contributed by atoms with Crippen LogP contribution in [-0.4, -0.2) is 29.3 Å². The van der Waals surface area contributed by atoms with Gasteiger partial charge in [-0.05, 0) is 50.5 Å². The summed E-state index contributed by atoms with van der Waals surface area (Å²) < 4.78 is 11.7. The predicted octanol–water partition coefficient (Wildman–Crippen LogP) is 7.41. The van der Waals surface area contributed by atoms with Gasteiger partial charge in [0.15, 0.2) is 0 Å². The average Bonchev–Trinajstić information content (AvgIpc) is 2.80. The van der Waals surface area contributed by atoms with Gasteiger partial charge in [-0.3, -0.25) is 9.97 Å². The maximum atomic E-state index is 5.88. The topological polar surface area (TPSA) is 44.2 Å². The Morgan fingerprint density at radius 1 is 0.774 bits per heavy atom. The fourth-order valence-electron chi connectivity index (χ4n) is 3.52.